The second kappa shape index (κ2) is 7.64. The van der Waals surface area contributed by atoms with E-state index in [0.717, 1.165) is 22.9 Å². The minimum absolute atomic E-state index is 0.0519. The normalized spacial score (nSPS) is 12.8. The smallest absolute Gasteiger partial charge is 0.243 e. The van der Waals surface area contributed by atoms with Crippen LogP contribution in [0.15, 0.2) is 58.8 Å². The van der Waals surface area contributed by atoms with E-state index in [1.807, 2.05) is 42.6 Å². The molecule has 3 aromatic rings. The summed E-state index contributed by atoms with van der Waals surface area (Å²) >= 11 is 3.11. The van der Waals surface area contributed by atoms with Crippen molar-refractivity contribution < 1.29 is 4.79 Å². The van der Waals surface area contributed by atoms with Gasteiger partial charge in [-0.15, -0.1) is 23.1 Å². The summed E-state index contributed by atoms with van der Waals surface area (Å²) in [5.74, 6) is 0.447. The van der Waals surface area contributed by atoms with Crippen molar-refractivity contribution in [1.29, 1.82) is 0 Å². The van der Waals surface area contributed by atoms with Crippen molar-refractivity contribution >= 4 is 39.8 Å². The first-order valence-electron chi connectivity index (χ1n) is 8.75. The third-order valence-corrected chi connectivity index (χ3v) is 6.42. The van der Waals surface area contributed by atoms with Crippen molar-refractivity contribution in [3.05, 3.63) is 70.7 Å². The van der Waals surface area contributed by atoms with Gasteiger partial charge in [0.05, 0.1) is 17.1 Å². The Kier molecular flexibility index (Phi) is 5.09. The zero-order valence-corrected chi connectivity index (χ0v) is 16.3. The minimum Gasteiger partial charge on any atom is -0.273 e. The van der Waals surface area contributed by atoms with Crippen molar-refractivity contribution in [2.75, 3.05) is 10.7 Å². The molecular formula is C21H20N2OS2. The number of rotatable bonds is 5. The standard InChI is InChI=1S/C21H20N2OS2/c1-15-13-26-21(22-15)23(18-8-3-2-4-9-18)20(24)14-25-19-11-10-16-6-5-7-17(16)12-19/h2-4,8-13H,5-7,14H2,1H3. The van der Waals surface area contributed by atoms with E-state index in [1.165, 1.54) is 40.2 Å². The van der Waals surface area contributed by atoms with E-state index < -0.39 is 0 Å². The highest BCUT2D eigenvalue weighted by Gasteiger charge is 2.21. The van der Waals surface area contributed by atoms with Gasteiger partial charge in [-0.1, -0.05) is 24.3 Å². The predicted octanol–water partition coefficient (Wildman–Crippen LogP) is 5.40. The number of para-hydroxylation sites is 1. The van der Waals surface area contributed by atoms with Crippen molar-refractivity contribution in [1.82, 2.24) is 4.98 Å². The van der Waals surface area contributed by atoms with Crippen molar-refractivity contribution in [3.63, 3.8) is 0 Å². The first-order chi connectivity index (χ1) is 12.7. The van der Waals surface area contributed by atoms with Crippen molar-refractivity contribution in [2.24, 2.45) is 0 Å². The van der Waals surface area contributed by atoms with Crippen LogP contribution in [0.3, 0.4) is 0 Å². The highest BCUT2D eigenvalue weighted by molar-refractivity contribution is 8.00. The number of anilines is 2. The molecule has 0 atom stereocenters. The molecule has 0 fully saturated rings. The molecule has 132 valence electrons. The highest BCUT2D eigenvalue weighted by Crippen LogP contribution is 2.31. The Balaban J connectivity index is 1.53. The van der Waals surface area contributed by atoms with Crippen LogP contribution in [0, 0.1) is 6.92 Å². The van der Waals surface area contributed by atoms with E-state index >= 15 is 0 Å². The SMILES string of the molecule is Cc1csc(N(C(=O)CSc2ccc3c(c2)CCC3)c2ccccc2)n1. The Bertz CT molecular complexity index is 921. The fourth-order valence-corrected chi connectivity index (χ4v) is 4.88. The molecule has 0 saturated heterocycles. The van der Waals surface area contributed by atoms with Crippen LogP contribution in [-0.4, -0.2) is 16.6 Å². The zero-order valence-electron chi connectivity index (χ0n) is 14.6. The van der Waals surface area contributed by atoms with Gasteiger partial charge in [0.2, 0.25) is 5.91 Å². The average molecular weight is 381 g/mol. The zero-order chi connectivity index (χ0) is 17.9. The molecule has 2 aromatic carbocycles. The molecule has 3 nitrogen and oxygen atoms in total. The van der Waals surface area contributed by atoms with Gasteiger partial charge >= 0.3 is 0 Å². The van der Waals surface area contributed by atoms with E-state index in [0.29, 0.717) is 5.75 Å². The number of fused-ring (bicyclic) bond motifs is 1. The molecule has 0 unspecified atom stereocenters. The Morgan fingerprint density at radius 3 is 2.73 bits per heavy atom. The molecule has 5 heteroatoms. The van der Waals surface area contributed by atoms with Gasteiger partial charge in [0.25, 0.3) is 0 Å². The van der Waals surface area contributed by atoms with Crippen LogP contribution in [0.25, 0.3) is 0 Å². The van der Waals surface area contributed by atoms with Gasteiger partial charge in [-0.25, -0.2) is 4.98 Å². The van der Waals surface area contributed by atoms with Crippen LogP contribution in [0.2, 0.25) is 0 Å². The molecule has 0 radical (unpaired) electrons. The van der Waals surface area contributed by atoms with Crippen LogP contribution in [0.4, 0.5) is 10.8 Å². The number of carbonyl (C=O) groups excluding carboxylic acids is 1. The first-order valence-corrected chi connectivity index (χ1v) is 10.6. The number of aromatic nitrogens is 1. The number of benzene rings is 2. The van der Waals surface area contributed by atoms with Crippen LogP contribution in [0.1, 0.15) is 23.2 Å². The number of hydrogen-bond acceptors (Lipinski definition) is 4. The average Bonchev–Trinajstić information content (AvgIpc) is 3.29. The molecule has 4 rings (SSSR count). The Hall–Kier alpha value is -2.11. The maximum atomic E-state index is 13.0. The lowest BCUT2D eigenvalue weighted by Gasteiger charge is -2.20. The second-order valence-corrected chi connectivity index (χ2v) is 8.29. The summed E-state index contributed by atoms with van der Waals surface area (Å²) in [6.07, 6.45) is 3.59. The molecule has 1 aliphatic carbocycles. The highest BCUT2D eigenvalue weighted by atomic mass is 32.2. The topological polar surface area (TPSA) is 33.2 Å². The molecule has 0 saturated carbocycles. The lowest BCUT2D eigenvalue weighted by Crippen LogP contribution is -2.27. The number of nitrogens with zero attached hydrogens (tertiary/aromatic N) is 2. The number of thioether (sulfide) groups is 1. The number of thiazole rings is 1. The van der Waals surface area contributed by atoms with Crippen LogP contribution in [-0.2, 0) is 17.6 Å². The number of carbonyl (C=O) groups is 1. The summed E-state index contributed by atoms with van der Waals surface area (Å²) in [5.41, 5.74) is 4.70. The quantitative estimate of drug-likeness (QED) is 0.556. The fourth-order valence-electron chi connectivity index (χ4n) is 3.23. The van der Waals surface area contributed by atoms with E-state index in [-0.39, 0.29) is 5.91 Å². The third kappa shape index (κ3) is 3.69. The van der Waals surface area contributed by atoms with Gasteiger partial charge in [-0.2, -0.15) is 0 Å². The van der Waals surface area contributed by atoms with E-state index in [4.69, 9.17) is 0 Å². The number of hydrogen-bond donors (Lipinski definition) is 0. The van der Waals surface area contributed by atoms with Gasteiger partial charge in [0.1, 0.15) is 0 Å². The van der Waals surface area contributed by atoms with Gasteiger partial charge in [0.15, 0.2) is 5.13 Å². The number of aryl methyl sites for hydroxylation is 3. The first kappa shape index (κ1) is 17.3. The van der Waals surface area contributed by atoms with Gasteiger partial charge in [0, 0.05) is 10.3 Å². The molecule has 1 heterocycles. The van der Waals surface area contributed by atoms with Crippen LogP contribution < -0.4 is 4.90 Å². The molecule has 0 spiro atoms. The summed E-state index contributed by atoms with van der Waals surface area (Å²) < 4.78 is 0. The van der Waals surface area contributed by atoms with Gasteiger partial charge in [-0.05, 0) is 61.6 Å². The summed E-state index contributed by atoms with van der Waals surface area (Å²) in [4.78, 5) is 20.5. The molecule has 26 heavy (non-hydrogen) atoms. The molecule has 0 bridgehead atoms. The molecule has 1 aromatic heterocycles. The van der Waals surface area contributed by atoms with Crippen molar-refractivity contribution in [3.8, 4) is 0 Å². The molecule has 1 aliphatic rings. The lowest BCUT2D eigenvalue weighted by atomic mass is 10.1. The van der Waals surface area contributed by atoms with E-state index in [1.54, 1.807) is 16.7 Å². The summed E-state index contributed by atoms with van der Waals surface area (Å²) in [6, 6.07) is 16.4. The maximum Gasteiger partial charge on any atom is 0.243 e. The fraction of sp³-hybridized carbons (Fsp3) is 0.238. The minimum atomic E-state index is 0.0519. The van der Waals surface area contributed by atoms with Crippen LogP contribution in [0.5, 0.6) is 0 Å². The second-order valence-electron chi connectivity index (χ2n) is 6.41. The number of amides is 1. The van der Waals surface area contributed by atoms with Crippen LogP contribution >= 0.6 is 23.1 Å². The summed E-state index contributed by atoms with van der Waals surface area (Å²) in [7, 11) is 0. The Morgan fingerprint density at radius 1 is 1.15 bits per heavy atom. The van der Waals surface area contributed by atoms with Gasteiger partial charge < -0.3 is 0 Å². The Labute approximate surface area is 162 Å². The van der Waals surface area contributed by atoms with Crippen molar-refractivity contribution in [2.45, 2.75) is 31.1 Å². The van der Waals surface area contributed by atoms with E-state index in [9.17, 15) is 4.79 Å². The Morgan fingerprint density at radius 2 is 1.96 bits per heavy atom. The lowest BCUT2D eigenvalue weighted by molar-refractivity contribution is -0.115. The van der Waals surface area contributed by atoms with E-state index in [2.05, 4.69) is 23.2 Å². The molecule has 0 N–H and O–H groups in total. The monoisotopic (exact) mass is 380 g/mol. The van der Waals surface area contributed by atoms with Gasteiger partial charge in [-0.3, -0.25) is 9.69 Å². The third-order valence-electron chi connectivity index (χ3n) is 4.49. The summed E-state index contributed by atoms with van der Waals surface area (Å²) in [5, 5.41) is 2.71. The molecular weight excluding hydrogens is 360 g/mol. The molecule has 1 amide bonds. The largest absolute Gasteiger partial charge is 0.273 e. The molecule has 0 aliphatic heterocycles. The maximum absolute atomic E-state index is 13.0. The summed E-state index contributed by atoms with van der Waals surface area (Å²) in [6.45, 7) is 1.95. The predicted molar refractivity (Wildman–Crippen MR) is 110 cm³/mol.